The Kier molecular flexibility index (Phi) is 8.73. The quantitative estimate of drug-likeness (QED) is 0.135. The molecule has 0 saturated heterocycles. The molecule has 0 saturated carbocycles. The van der Waals surface area contributed by atoms with Crippen LogP contribution in [0.4, 0.5) is 17.1 Å². The van der Waals surface area contributed by atoms with Crippen molar-refractivity contribution in [3.05, 3.63) is 124 Å². The number of nitro groups is 1. The van der Waals surface area contributed by atoms with Crippen molar-refractivity contribution in [3.8, 4) is 5.75 Å². The standard InChI is InChI=1S/C29H25N3O5S/c1-2-37-25-16-14-22(15-17-25)30-29(34)27(20-8-4-3-5-9-20)38-26-13-7-11-23(19-26)31-28(33)21-10-6-12-24(18-21)32(35)36/h3-19,27H,2H2,1H3,(H,30,34)(H,31,33). The van der Waals surface area contributed by atoms with Gasteiger partial charge in [-0.25, -0.2) is 0 Å². The normalized spacial score (nSPS) is 11.3. The van der Waals surface area contributed by atoms with Gasteiger partial charge in [0.1, 0.15) is 11.0 Å². The summed E-state index contributed by atoms with van der Waals surface area (Å²) >= 11 is 1.35. The summed E-state index contributed by atoms with van der Waals surface area (Å²) in [5.41, 5.74) is 2.00. The van der Waals surface area contributed by atoms with E-state index in [0.717, 1.165) is 16.2 Å². The van der Waals surface area contributed by atoms with Gasteiger partial charge in [0, 0.05) is 34.0 Å². The first-order valence-electron chi connectivity index (χ1n) is 11.8. The van der Waals surface area contributed by atoms with Gasteiger partial charge in [0.2, 0.25) is 5.91 Å². The fraction of sp³-hybridized carbons (Fsp3) is 0.103. The summed E-state index contributed by atoms with van der Waals surface area (Å²) in [4.78, 5) is 37.3. The van der Waals surface area contributed by atoms with Gasteiger partial charge >= 0.3 is 0 Å². The van der Waals surface area contributed by atoms with E-state index in [2.05, 4.69) is 10.6 Å². The second-order valence-electron chi connectivity index (χ2n) is 8.14. The Balaban J connectivity index is 1.51. The zero-order chi connectivity index (χ0) is 26.9. The van der Waals surface area contributed by atoms with Crippen molar-refractivity contribution < 1.29 is 19.2 Å². The Labute approximate surface area is 224 Å². The zero-order valence-corrected chi connectivity index (χ0v) is 21.3. The lowest BCUT2D eigenvalue weighted by atomic mass is 10.1. The highest BCUT2D eigenvalue weighted by Crippen LogP contribution is 2.37. The molecule has 38 heavy (non-hydrogen) atoms. The number of carbonyl (C=O) groups is 2. The van der Waals surface area contributed by atoms with E-state index in [4.69, 9.17) is 4.74 Å². The molecule has 1 atom stereocenters. The van der Waals surface area contributed by atoms with Gasteiger partial charge in [-0.05, 0) is 61.0 Å². The van der Waals surface area contributed by atoms with Crippen molar-refractivity contribution in [1.29, 1.82) is 0 Å². The number of carbonyl (C=O) groups excluding carboxylic acids is 2. The molecule has 0 aliphatic carbocycles. The van der Waals surface area contributed by atoms with Gasteiger partial charge in [-0.1, -0.05) is 42.5 Å². The van der Waals surface area contributed by atoms with E-state index in [-0.39, 0.29) is 17.2 Å². The molecule has 8 nitrogen and oxygen atoms in total. The molecule has 0 aliphatic heterocycles. The molecule has 0 aromatic heterocycles. The molecule has 4 aromatic carbocycles. The predicted octanol–water partition coefficient (Wildman–Crippen LogP) is 6.72. The number of thioether (sulfide) groups is 1. The minimum absolute atomic E-state index is 0.161. The minimum atomic E-state index is -0.564. The van der Waals surface area contributed by atoms with Crippen LogP contribution in [-0.2, 0) is 4.79 Å². The van der Waals surface area contributed by atoms with Crippen LogP contribution in [-0.4, -0.2) is 23.3 Å². The van der Waals surface area contributed by atoms with Crippen LogP contribution in [0.1, 0.15) is 28.1 Å². The van der Waals surface area contributed by atoms with Crippen molar-refractivity contribution >= 4 is 40.6 Å². The molecule has 2 amide bonds. The maximum absolute atomic E-state index is 13.4. The van der Waals surface area contributed by atoms with Crippen molar-refractivity contribution in [3.63, 3.8) is 0 Å². The topological polar surface area (TPSA) is 111 Å². The lowest BCUT2D eigenvalue weighted by Crippen LogP contribution is -2.19. The summed E-state index contributed by atoms with van der Waals surface area (Å²) in [5.74, 6) is 0.0588. The third-order valence-corrected chi connectivity index (χ3v) is 6.69. The highest BCUT2D eigenvalue weighted by molar-refractivity contribution is 8.00. The Bertz CT molecular complexity index is 1430. The summed E-state index contributed by atoms with van der Waals surface area (Å²) in [5, 5.41) is 16.2. The molecule has 0 fully saturated rings. The zero-order valence-electron chi connectivity index (χ0n) is 20.5. The monoisotopic (exact) mass is 527 g/mol. The largest absolute Gasteiger partial charge is 0.494 e. The van der Waals surface area contributed by atoms with Crippen LogP contribution < -0.4 is 15.4 Å². The minimum Gasteiger partial charge on any atom is -0.494 e. The average Bonchev–Trinajstić information content (AvgIpc) is 2.93. The number of nitro benzene ring substituents is 1. The maximum Gasteiger partial charge on any atom is 0.270 e. The van der Waals surface area contributed by atoms with Crippen molar-refractivity contribution in [2.75, 3.05) is 17.2 Å². The molecule has 0 aliphatic rings. The third-order valence-electron chi connectivity index (χ3n) is 5.44. The molecule has 9 heteroatoms. The van der Waals surface area contributed by atoms with Crippen molar-refractivity contribution in [2.24, 2.45) is 0 Å². The van der Waals surface area contributed by atoms with Gasteiger partial charge in [-0.2, -0.15) is 0 Å². The number of anilines is 2. The number of ether oxygens (including phenoxy) is 1. The summed E-state index contributed by atoms with van der Waals surface area (Å²) in [6.45, 7) is 2.47. The van der Waals surface area contributed by atoms with E-state index >= 15 is 0 Å². The molecule has 0 spiro atoms. The second-order valence-corrected chi connectivity index (χ2v) is 9.32. The van der Waals surface area contributed by atoms with E-state index in [0.29, 0.717) is 18.0 Å². The summed E-state index contributed by atoms with van der Waals surface area (Å²) < 4.78 is 5.47. The van der Waals surface area contributed by atoms with Crippen LogP contribution in [0.3, 0.4) is 0 Å². The molecule has 2 N–H and O–H groups in total. The fourth-order valence-corrected chi connectivity index (χ4v) is 4.74. The second kappa shape index (κ2) is 12.6. The number of hydrogen-bond acceptors (Lipinski definition) is 6. The first-order valence-corrected chi connectivity index (χ1v) is 12.7. The number of nitrogens with one attached hydrogen (secondary N) is 2. The van der Waals surface area contributed by atoms with Crippen molar-refractivity contribution in [2.45, 2.75) is 17.1 Å². The number of non-ortho nitro benzene ring substituents is 1. The molecule has 4 aromatic rings. The molecule has 1 unspecified atom stereocenters. The molecule has 0 radical (unpaired) electrons. The Hall–Kier alpha value is -4.63. The van der Waals surface area contributed by atoms with Crippen LogP contribution in [0, 0.1) is 10.1 Å². The van der Waals surface area contributed by atoms with Crippen LogP contribution in [0.15, 0.2) is 108 Å². The number of benzene rings is 4. The summed E-state index contributed by atoms with van der Waals surface area (Å²) in [6.07, 6.45) is 0. The molecule has 0 heterocycles. The van der Waals surface area contributed by atoms with Gasteiger partial charge in [0.25, 0.3) is 11.6 Å². The molecular formula is C29H25N3O5S. The SMILES string of the molecule is CCOc1ccc(NC(=O)C(Sc2cccc(NC(=O)c3cccc([N+](=O)[O-])c3)c2)c2ccccc2)cc1. The highest BCUT2D eigenvalue weighted by Gasteiger charge is 2.22. The lowest BCUT2D eigenvalue weighted by Gasteiger charge is -2.18. The van der Waals surface area contributed by atoms with Gasteiger partial charge < -0.3 is 15.4 Å². The average molecular weight is 528 g/mol. The summed E-state index contributed by atoms with van der Waals surface area (Å²) in [6, 6.07) is 29.3. The van der Waals surface area contributed by atoms with Crippen LogP contribution in [0.5, 0.6) is 5.75 Å². The first-order chi connectivity index (χ1) is 18.4. The van der Waals surface area contributed by atoms with Crippen LogP contribution in [0.2, 0.25) is 0 Å². The van der Waals surface area contributed by atoms with E-state index in [1.165, 1.54) is 36.0 Å². The van der Waals surface area contributed by atoms with Gasteiger partial charge in [-0.15, -0.1) is 11.8 Å². The molecule has 0 bridgehead atoms. The highest BCUT2D eigenvalue weighted by atomic mass is 32.2. The molecular weight excluding hydrogens is 502 g/mol. The van der Waals surface area contributed by atoms with Gasteiger partial charge in [-0.3, -0.25) is 19.7 Å². The number of nitrogens with zero attached hydrogens (tertiary/aromatic N) is 1. The maximum atomic E-state index is 13.4. The predicted molar refractivity (Wildman–Crippen MR) is 149 cm³/mol. The number of amides is 2. The van der Waals surface area contributed by atoms with Gasteiger partial charge in [0.05, 0.1) is 11.5 Å². The first kappa shape index (κ1) is 26.4. The fourth-order valence-electron chi connectivity index (χ4n) is 3.66. The van der Waals surface area contributed by atoms with E-state index < -0.39 is 16.1 Å². The molecule has 4 rings (SSSR count). The Morgan fingerprint density at radius 1 is 0.868 bits per heavy atom. The smallest absolute Gasteiger partial charge is 0.270 e. The third kappa shape index (κ3) is 6.98. The van der Waals surface area contributed by atoms with Crippen LogP contribution in [0.25, 0.3) is 0 Å². The van der Waals surface area contributed by atoms with Crippen LogP contribution >= 0.6 is 11.8 Å². The number of rotatable bonds is 10. The Morgan fingerprint density at radius 2 is 1.61 bits per heavy atom. The van der Waals surface area contributed by atoms with E-state index in [9.17, 15) is 19.7 Å². The number of hydrogen-bond donors (Lipinski definition) is 2. The summed E-state index contributed by atoms with van der Waals surface area (Å²) in [7, 11) is 0. The molecule has 192 valence electrons. The van der Waals surface area contributed by atoms with E-state index in [1.54, 1.807) is 42.5 Å². The van der Waals surface area contributed by atoms with Crippen molar-refractivity contribution in [1.82, 2.24) is 0 Å². The Morgan fingerprint density at radius 3 is 2.32 bits per heavy atom. The van der Waals surface area contributed by atoms with Gasteiger partial charge in [0.15, 0.2) is 0 Å². The van der Waals surface area contributed by atoms with E-state index in [1.807, 2.05) is 43.3 Å². The lowest BCUT2D eigenvalue weighted by molar-refractivity contribution is -0.384.